The minimum Gasteiger partial charge on any atom is -0.377 e. The van der Waals surface area contributed by atoms with Gasteiger partial charge in [0, 0.05) is 12.7 Å². The van der Waals surface area contributed by atoms with E-state index in [0.29, 0.717) is 12.7 Å². The van der Waals surface area contributed by atoms with Crippen molar-refractivity contribution in [2.24, 2.45) is 0 Å². The molecule has 1 fully saturated rings. The zero-order chi connectivity index (χ0) is 13.7. The highest BCUT2D eigenvalue weighted by atomic mass is 35.5. The first-order valence-electron chi connectivity index (χ1n) is 6.31. The number of halogens is 1. The largest absolute Gasteiger partial charge is 0.377 e. The number of ether oxygens (including phenoxy) is 1. The highest BCUT2D eigenvalue weighted by Crippen LogP contribution is 2.20. The predicted octanol–water partition coefficient (Wildman–Crippen LogP) is 1.97. The van der Waals surface area contributed by atoms with Gasteiger partial charge in [0.1, 0.15) is 10.0 Å². The maximum atomic E-state index is 11.9. The first-order chi connectivity index (χ1) is 9.08. The molecule has 0 spiro atoms. The van der Waals surface area contributed by atoms with Crippen molar-refractivity contribution in [3.63, 3.8) is 0 Å². The Morgan fingerprint density at radius 3 is 2.74 bits per heavy atom. The van der Waals surface area contributed by atoms with Crippen LogP contribution in [0.3, 0.4) is 0 Å². The molecule has 1 aromatic rings. The molecular formula is C12H17ClN2O3S. The van der Waals surface area contributed by atoms with E-state index in [1.54, 1.807) is 0 Å². The summed E-state index contributed by atoms with van der Waals surface area (Å²) in [6.07, 6.45) is 6.09. The third-order valence-electron chi connectivity index (χ3n) is 3.06. The predicted molar refractivity (Wildman–Crippen MR) is 72.6 cm³/mol. The molecule has 0 aliphatic heterocycles. The maximum absolute atomic E-state index is 11.9. The Bertz CT molecular complexity index is 498. The summed E-state index contributed by atoms with van der Waals surface area (Å²) in [5, 5.41) is 0.267. The van der Waals surface area contributed by atoms with Crippen LogP contribution < -0.4 is 4.72 Å². The lowest BCUT2D eigenvalue weighted by molar-refractivity contribution is 0.0626. The molecule has 0 amide bonds. The van der Waals surface area contributed by atoms with Crippen molar-refractivity contribution in [1.29, 1.82) is 0 Å². The van der Waals surface area contributed by atoms with Gasteiger partial charge >= 0.3 is 0 Å². The molecule has 1 N–H and O–H groups in total. The van der Waals surface area contributed by atoms with Crippen LogP contribution in [0.15, 0.2) is 23.2 Å². The molecule has 1 aromatic heterocycles. The highest BCUT2D eigenvalue weighted by Gasteiger charge is 2.16. The fourth-order valence-electron chi connectivity index (χ4n) is 2.06. The zero-order valence-corrected chi connectivity index (χ0v) is 12.1. The van der Waals surface area contributed by atoms with E-state index >= 15 is 0 Å². The smallest absolute Gasteiger partial charge is 0.242 e. The van der Waals surface area contributed by atoms with Crippen LogP contribution in [0.5, 0.6) is 0 Å². The van der Waals surface area contributed by atoms with Gasteiger partial charge in [-0.3, -0.25) is 0 Å². The summed E-state index contributed by atoms with van der Waals surface area (Å²) in [5.74, 6) is 0. The number of nitrogens with one attached hydrogen (secondary N) is 1. The van der Waals surface area contributed by atoms with E-state index in [2.05, 4.69) is 9.71 Å². The molecule has 7 heteroatoms. The Morgan fingerprint density at radius 1 is 1.37 bits per heavy atom. The zero-order valence-electron chi connectivity index (χ0n) is 10.5. The lowest BCUT2D eigenvalue weighted by atomic mass is 10.3. The average Bonchev–Trinajstić information content (AvgIpc) is 2.88. The number of hydrogen-bond donors (Lipinski definition) is 1. The van der Waals surface area contributed by atoms with Gasteiger partial charge in [-0.1, -0.05) is 24.4 Å². The van der Waals surface area contributed by atoms with Gasteiger partial charge in [-0.25, -0.2) is 18.1 Å². The fraction of sp³-hybridized carbons (Fsp3) is 0.583. The van der Waals surface area contributed by atoms with Crippen molar-refractivity contribution in [1.82, 2.24) is 9.71 Å². The van der Waals surface area contributed by atoms with Gasteiger partial charge in [-0.15, -0.1) is 0 Å². The molecule has 1 aliphatic rings. The van der Waals surface area contributed by atoms with Crippen molar-refractivity contribution in [2.75, 3.05) is 13.2 Å². The third-order valence-corrected chi connectivity index (χ3v) is 4.73. The Labute approximate surface area is 118 Å². The second kappa shape index (κ2) is 6.65. The molecule has 0 saturated heterocycles. The Hall–Kier alpha value is -0.690. The van der Waals surface area contributed by atoms with E-state index in [-0.39, 0.29) is 16.6 Å². The van der Waals surface area contributed by atoms with Crippen LogP contribution in [0.4, 0.5) is 0 Å². The molecular weight excluding hydrogens is 288 g/mol. The summed E-state index contributed by atoms with van der Waals surface area (Å²) in [5.41, 5.74) is 0. The van der Waals surface area contributed by atoms with Crippen LogP contribution in [0.2, 0.25) is 5.15 Å². The molecule has 0 atom stereocenters. The van der Waals surface area contributed by atoms with Gasteiger partial charge in [0.05, 0.1) is 12.7 Å². The molecule has 0 bridgehead atoms. The summed E-state index contributed by atoms with van der Waals surface area (Å²) < 4.78 is 31.9. The lowest BCUT2D eigenvalue weighted by Crippen LogP contribution is -2.28. The van der Waals surface area contributed by atoms with Gasteiger partial charge in [0.25, 0.3) is 0 Å². The van der Waals surface area contributed by atoms with Gasteiger partial charge in [-0.2, -0.15) is 0 Å². The van der Waals surface area contributed by atoms with E-state index in [4.69, 9.17) is 16.3 Å². The standard InChI is InChI=1S/C12H17ClN2O3S/c13-12-6-5-11(9-14-12)19(16,17)15-7-8-18-10-3-1-2-4-10/h5-6,9-10,15H,1-4,7-8H2. The molecule has 5 nitrogen and oxygen atoms in total. The maximum Gasteiger partial charge on any atom is 0.242 e. The van der Waals surface area contributed by atoms with E-state index in [1.165, 1.54) is 31.2 Å². The first kappa shape index (κ1) is 14.7. The van der Waals surface area contributed by atoms with Gasteiger partial charge in [0.15, 0.2) is 0 Å². The number of hydrogen-bond acceptors (Lipinski definition) is 4. The van der Waals surface area contributed by atoms with E-state index in [9.17, 15) is 8.42 Å². The van der Waals surface area contributed by atoms with Crippen LogP contribution in [0.1, 0.15) is 25.7 Å². The van der Waals surface area contributed by atoms with E-state index < -0.39 is 10.0 Å². The molecule has 106 valence electrons. The molecule has 2 rings (SSSR count). The van der Waals surface area contributed by atoms with Crippen molar-refractivity contribution in [2.45, 2.75) is 36.7 Å². The second-order valence-electron chi connectivity index (χ2n) is 4.49. The minimum absolute atomic E-state index is 0.109. The average molecular weight is 305 g/mol. The lowest BCUT2D eigenvalue weighted by Gasteiger charge is -2.11. The quantitative estimate of drug-likeness (QED) is 0.644. The molecule has 1 saturated carbocycles. The first-order valence-corrected chi connectivity index (χ1v) is 8.17. The summed E-state index contributed by atoms with van der Waals surface area (Å²) in [6, 6.07) is 2.88. The Morgan fingerprint density at radius 2 is 2.11 bits per heavy atom. The van der Waals surface area contributed by atoms with Crippen LogP contribution in [0, 0.1) is 0 Å². The summed E-state index contributed by atoms with van der Waals surface area (Å²) in [6.45, 7) is 0.659. The summed E-state index contributed by atoms with van der Waals surface area (Å²) in [4.78, 5) is 3.86. The highest BCUT2D eigenvalue weighted by molar-refractivity contribution is 7.89. The summed E-state index contributed by atoms with van der Waals surface area (Å²) >= 11 is 5.61. The van der Waals surface area contributed by atoms with Gasteiger partial charge in [0.2, 0.25) is 10.0 Å². The number of aromatic nitrogens is 1. The normalized spacial score (nSPS) is 16.9. The van der Waals surface area contributed by atoms with Crippen LogP contribution >= 0.6 is 11.6 Å². The number of pyridine rings is 1. The molecule has 0 unspecified atom stereocenters. The Kier molecular flexibility index (Phi) is 5.15. The second-order valence-corrected chi connectivity index (χ2v) is 6.65. The number of sulfonamides is 1. The van der Waals surface area contributed by atoms with E-state index in [0.717, 1.165) is 12.8 Å². The SMILES string of the molecule is O=S(=O)(NCCOC1CCCC1)c1ccc(Cl)nc1. The van der Waals surface area contributed by atoms with Gasteiger partial charge in [-0.05, 0) is 25.0 Å². The molecule has 0 radical (unpaired) electrons. The molecule has 1 aliphatic carbocycles. The van der Waals surface area contributed by atoms with E-state index in [1.807, 2.05) is 0 Å². The Balaban J connectivity index is 1.79. The van der Waals surface area contributed by atoms with Crippen molar-refractivity contribution >= 4 is 21.6 Å². The minimum atomic E-state index is -3.52. The van der Waals surface area contributed by atoms with Crippen molar-refractivity contribution in [3.8, 4) is 0 Å². The molecule has 0 aromatic carbocycles. The monoisotopic (exact) mass is 304 g/mol. The van der Waals surface area contributed by atoms with Crippen molar-refractivity contribution < 1.29 is 13.2 Å². The van der Waals surface area contributed by atoms with Crippen LogP contribution in [0.25, 0.3) is 0 Å². The fourth-order valence-corrected chi connectivity index (χ4v) is 3.13. The van der Waals surface area contributed by atoms with Crippen LogP contribution in [-0.2, 0) is 14.8 Å². The number of rotatable bonds is 6. The van der Waals surface area contributed by atoms with Crippen LogP contribution in [-0.4, -0.2) is 32.7 Å². The summed E-state index contributed by atoms with van der Waals surface area (Å²) in [7, 11) is -3.52. The number of nitrogens with zero attached hydrogens (tertiary/aromatic N) is 1. The van der Waals surface area contributed by atoms with Gasteiger partial charge < -0.3 is 4.74 Å². The third kappa shape index (κ3) is 4.42. The van der Waals surface area contributed by atoms with Crippen molar-refractivity contribution in [3.05, 3.63) is 23.5 Å². The topological polar surface area (TPSA) is 68.3 Å². The molecule has 1 heterocycles. The molecule has 19 heavy (non-hydrogen) atoms.